The molecule has 0 spiro atoms. The van der Waals surface area contributed by atoms with Crippen LogP contribution in [0.3, 0.4) is 0 Å². The summed E-state index contributed by atoms with van der Waals surface area (Å²) in [6.07, 6.45) is 3.01. The molecule has 0 heterocycles. The number of nitrogens with zero attached hydrogens (tertiary/aromatic N) is 1. The van der Waals surface area contributed by atoms with Crippen molar-refractivity contribution in [3.63, 3.8) is 0 Å². The van der Waals surface area contributed by atoms with Gasteiger partial charge in [-0.15, -0.1) is 0 Å². The molecular weight excluding hydrogens is 232 g/mol. The van der Waals surface area contributed by atoms with Crippen LogP contribution < -0.4 is 5.32 Å². The third-order valence-electron chi connectivity index (χ3n) is 4.54. The molecule has 18 heavy (non-hydrogen) atoms. The number of carboxylic acids is 1. The third-order valence-corrected chi connectivity index (χ3v) is 4.54. The van der Waals surface area contributed by atoms with Crippen molar-refractivity contribution in [1.82, 2.24) is 10.2 Å². The fraction of sp³-hybridized carbons (Fsp3) is 0.846. The van der Waals surface area contributed by atoms with Gasteiger partial charge in [0, 0.05) is 19.1 Å². The van der Waals surface area contributed by atoms with E-state index in [0.29, 0.717) is 19.0 Å². The summed E-state index contributed by atoms with van der Waals surface area (Å²) in [5, 5.41) is 12.3. The predicted octanol–water partition coefficient (Wildman–Crippen LogP) is 1.54. The molecule has 2 amide bonds. The fourth-order valence-corrected chi connectivity index (χ4v) is 3.60. The Bertz CT molecular complexity index is 341. The van der Waals surface area contributed by atoms with Crippen molar-refractivity contribution in [2.24, 2.45) is 17.8 Å². The number of fused-ring (bicyclic) bond motifs is 2. The van der Waals surface area contributed by atoms with Crippen LogP contribution in [0.1, 0.15) is 33.1 Å². The molecule has 2 saturated carbocycles. The van der Waals surface area contributed by atoms with Gasteiger partial charge in [0.15, 0.2) is 0 Å². The molecule has 5 heteroatoms. The first-order valence-electron chi connectivity index (χ1n) is 6.86. The van der Waals surface area contributed by atoms with Crippen LogP contribution in [0.25, 0.3) is 0 Å². The molecule has 0 radical (unpaired) electrons. The second-order valence-electron chi connectivity index (χ2n) is 5.34. The Hall–Kier alpha value is -1.26. The summed E-state index contributed by atoms with van der Waals surface area (Å²) in [4.78, 5) is 25.1. The Labute approximate surface area is 108 Å². The zero-order valence-corrected chi connectivity index (χ0v) is 11.1. The van der Waals surface area contributed by atoms with E-state index in [2.05, 4.69) is 5.32 Å². The van der Waals surface area contributed by atoms with Crippen molar-refractivity contribution in [2.45, 2.75) is 39.2 Å². The molecule has 5 nitrogen and oxygen atoms in total. The molecule has 0 aromatic heterocycles. The van der Waals surface area contributed by atoms with Crippen molar-refractivity contribution >= 4 is 12.0 Å². The van der Waals surface area contributed by atoms with E-state index in [1.54, 1.807) is 4.90 Å². The van der Waals surface area contributed by atoms with Crippen LogP contribution in [-0.2, 0) is 4.79 Å². The normalized spacial score (nSPS) is 33.4. The molecule has 0 aromatic carbocycles. The first-order chi connectivity index (χ1) is 8.58. The number of carbonyl (C=O) groups excluding carboxylic acids is 1. The molecule has 2 N–H and O–H groups in total. The van der Waals surface area contributed by atoms with Gasteiger partial charge in [0.05, 0.1) is 5.92 Å². The van der Waals surface area contributed by atoms with Crippen molar-refractivity contribution < 1.29 is 14.7 Å². The van der Waals surface area contributed by atoms with E-state index in [1.165, 1.54) is 0 Å². The van der Waals surface area contributed by atoms with Crippen molar-refractivity contribution in [2.75, 3.05) is 13.1 Å². The van der Waals surface area contributed by atoms with Crippen LogP contribution in [0.5, 0.6) is 0 Å². The molecule has 2 bridgehead atoms. The number of urea groups is 1. The number of amides is 2. The molecule has 4 atom stereocenters. The van der Waals surface area contributed by atoms with Crippen LogP contribution in [0.4, 0.5) is 4.79 Å². The minimum atomic E-state index is -0.757. The number of nitrogens with one attached hydrogen (secondary N) is 1. The molecule has 2 fully saturated rings. The van der Waals surface area contributed by atoms with E-state index in [0.717, 1.165) is 19.3 Å². The van der Waals surface area contributed by atoms with Crippen LogP contribution in [0.2, 0.25) is 0 Å². The summed E-state index contributed by atoms with van der Waals surface area (Å²) in [5.74, 6) is -0.527. The minimum Gasteiger partial charge on any atom is -0.481 e. The Morgan fingerprint density at radius 1 is 1.22 bits per heavy atom. The number of carboxylic acid groups (broad SMARTS) is 1. The SMILES string of the molecule is CCN(CC)C(=O)NC1C2CCC(C2)C1C(=O)O. The van der Waals surface area contributed by atoms with Crippen molar-refractivity contribution in [1.29, 1.82) is 0 Å². The average Bonchev–Trinajstić information content (AvgIpc) is 2.90. The lowest BCUT2D eigenvalue weighted by atomic mass is 9.84. The minimum absolute atomic E-state index is 0.121. The van der Waals surface area contributed by atoms with Gasteiger partial charge in [0.25, 0.3) is 0 Å². The zero-order valence-electron chi connectivity index (χ0n) is 11.1. The van der Waals surface area contributed by atoms with Crippen LogP contribution in [0, 0.1) is 17.8 Å². The number of rotatable bonds is 4. The topological polar surface area (TPSA) is 69.6 Å². The second-order valence-corrected chi connectivity index (χ2v) is 5.34. The molecule has 0 saturated heterocycles. The van der Waals surface area contributed by atoms with Gasteiger partial charge in [0.2, 0.25) is 0 Å². The van der Waals surface area contributed by atoms with Crippen LogP contribution in [-0.4, -0.2) is 41.1 Å². The predicted molar refractivity (Wildman–Crippen MR) is 67.2 cm³/mol. The van der Waals surface area contributed by atoms with Gasteiger partial charge in [-0.2, -0.15) is 0 Å². The lowest BCUT2D eigenvalue weighted by Gasteiger charge is -2.31. The standard InChI is InChI=1S/C13H22N2O3/c1-3-15(4-2)13(18)14-11-9-6-5-8(7-9)10(11)12(16)17/h8-11H,3-7H2,1-2H3,(H,14,18)(H,16,17). The Morgan fingerprint density at radius 3 is 2.39 bits per heavy atom. The summed E-state index contributed by atoms with van der Waals surface area (Å²) in [7, 11) is 0. The second kappa shape index (κ2) is 5.16. The van der Waals surface area contributed by atoms with Gasteiger partial charge in [0.1, 0.15) is 0 Å². The maximum absolute atomic E-state index is 12.0. The lowest BCUT2D eigenvalue weighted by Crippen LogP contribution is -2.51. The summed E-state index contributed by atoms with van der Waals surface area (Å²) in [6, 6.07) is -0.293. The average molecular weight is 254 g/mol. The quantitative estimate of drug-likeness (QED) is 0.799. The van der Waals surface area contributed by atoms with Gasteiger partial charge in [-0.05, 0) is 44.9 Å². The number of hydrogen-bond acceptors (Lipinski definition) is 2. The van der Waals surface area contributed by atoms with Gasteiger partial charge in [-0.1, -0.05) is 0 Å². The molecule has 2 aliphatic rings. The van der Waals surface area contributed by atoms with E-state index < -0.39 is 5.97 Å². The maximum Gasteiger partial charge on any atom is 0.317 e. The zero-order chi connectivity index (χ0) is 13.3. The Kier molecular flexibility index (Phi) is 3.78. The highest BCUT2D eigenvalue weighted by atomic mass is 16.4. The van der Waals surface area contributed by atoms with Gasteiger partial charge >= 0.3 is 12.0 Å². The van der Waals surface area contributed by atoms with Gasteiger partial charge in [-0.3, -0.25) is 4.79 Å². The Morgan fingerprint density at radius 2 is 1.83 bits per heavy atom. The molecular formula is C13H22N2O3. The molecule has 102 valence electrons. The highest BCUT2D eigenvalue weighted by molar-refractivity contribution is 5.77. The van der Waals surface area contributed by atoms with E-state index >= 15 is 0 Å². The fourth-order valence-electron chi connectivity index (χ4n) is 3.60. The highest BCUT2D eigenvalue weighted by Crippen LogP contribution is 2.48. The van der Waals surface area contributed by atoms with E-state index in [4.69, 9.17) is 0 Å². The van der Waals surface area contributed by atoms with E-state index in [9.17, 15) is 14.7 Å². The molecule has 0 aliphatic heterocycles. The first-order valence-corrected chi connectivity index (χ1v) is 6.86. The van der Waals surface area contributed by atoms with E-state index in [1.807, 2.05) is 13.8 Å². The first kappa shape index (κ1) is 13.2. The molecule has 2 rings (SSSR count). The molecule has 2 aliphatic carbocycles. The monoisotopic (exact) mass is 254 g/mol. The maximum atomic E-state index is 12.0. The van der Waals surface area contributed by atoms with Crippen LogP contribution >= 0.6 is 0 Å². The molecule has 4 unspecified atom stereocenters. The molecule has 0 aromatic rings. The number of carbonyl (C=O) groups is 2. The Balaban J connectivity index is 2.03. The van der Waals surface area contributed by atoms with E-state index in [-0.39, 0.29) is 23.9 Å². The van der Waals surface area contributed by atoms with Crippen LogP contribution in [0.15, 0.2) is 0 Å². The third kappa shape index (κ3) is 2.18. The van der Waals surface area contributed by atoms with Gasteiger partial charge in [-0.25, -0.2) is 4.79 Å². The summed E-state index contributed by atoms with van der Waals surface area (Å²) < 4.78 is 0. The highest BCUT2D eigenvalue weighted by Gasteiger charge is 2.51. The number of aliphatic carboxylic acids is 1. The van der Waals surface area contributed by atoms with Crippen molar-refractivity contribution in [3.05, 3.63) is 0 Å². The van der Waals surface area contributed by atoms with Crippen molar-refractivity contribution in [3.8, 4) is 0 Å². The van der Waals surface area contributed by atoms with Gasteiger partial charge < -0.3 is 15.3 Å². The smallest absolute Gasteiger partial charge is 0.317 e. The number of hydrogen-bond donors (Lipinski definition) is 2. The largest absolute Gasteiger partial charge is 0.481 e. The summed E-state index contributed by atoms with van der Waals surface area (Å²) >= 11 is 0. The summed E-state index contributed by atoms with van der Waals surface area (Å²) in [6.45, 7) is 5.17. The summed E-state index contributed by atoms with van der Waals surface area (Å²) in [5.41, 5.74) is 0. The lowest BCUT2D eigenvalue weighted by molar-refractivity contribution is -0.144.